The lowest BCUT2D eigenvalue weighted by Gasteiger charge is -2.29. The van der Waals surface area contributed by atoms with E-state index in [0.717, 1.165) is 73.7 Å². The van der Waals surface area contributed by atoms with E-state index in [1.54, 1.807) is 0 Å². The molecule has 0 aliphatic heterocycles. The van der Waals surface area contributed by atoms with E-state index in [0.29, 0.717) is 0 Å². The number of rotatable bonds is 11. The Morgan fingerprint density at radius 2 is 0.509 bits per heavy atom. The highest BCUT2D eigenvalue weighted by Gasteiger charge is 2.19. The zero-order valence-corrected chi connectivity index (χ0v) is 31.4. The third-order valence-corrected chi connectivity index (χ3v) is 10.0. The zero-order valence-electron chi connectivity index (χ0n) is 31.4. The first kappa shape index (κ1) is 35.0. The molecule has 8 aromatic carbocycles. The van der Waals surface area contributed by atoms with E-state index < -0.39 is 0 Å². The van der Waals surface area contributed by atoms with Crippen molar-refractivity contribution in [3.63, 3.8) is 0 Å². The average molecular weight is 733 g/mol. The Kier molecular flexibility index (Phi) is 10.1. The molecule has 0 N–H and O–H groups in total. The quantitative estimate of drug-likeness (QED) is 0.132. The first-order valence-corrected chi connectivity index (χ1v) is 19.2. The summed E-state index contributed by atoms with van der Waals surface area (Å²) in [7, 11) is 0. The molecule has 0 saturated carbocycles. The van der Waals surface area contributed by atoms with Gasteiger partial charge < -0.3 is 9.80 Å². The number of benzene rings is 8. The Morgan fingerprint density at radius 1 is 0.228 bits per heavy atom. The van der Waals surface area contributed by atoms with Crippen LogP contribution in [0, 0.1) is 0 Å². The summed E-state index contributed by atoms with van der Waals surface area (Å²) in [6.45, 7) is 0. The molecule has 0 amide bonds. The second-order valence-electron chi connectivity index (χ2n) is 13.7. The van der Waals surface area contributed by atoms with Crippen molar-refractivity contribution in [1.29, 1.82) is 0 Å². The first-order chi connectivity index (χ1) is 28.3. The van der Waals surface area contributed by atoms with Gasteiger partial charge in [-0.2, -0.15) is 0 Å². The van der Waals surface area contributed by atoms with E-state index in [1.165, 1.54) is 0 Å². The summed E-state index contributed by atoms with van der Waals surface area (Å²) in [5.74, 6) is 0.839. The van der Waals surface area contributed by atoms with E-state index >= 15 is 0 Å². The molecule has 0 fully saturated rings. The van der Waals surface area contributed by atoms with Crippen LogP contribution in [0.15, 0.2) is 243 Å². The van der Waals surface area contributed by atoms with Crippen molar-refractivity contribution in [3.05, 3.63) is 243 Å². The monoisotopic (exact) mass is 732 g/mol. The van der Waals surface area contributed by atoms with Crippen molar-refractivity contribution in [3.8, 4) is 22.4 Å². The van der Waals surface area contributed by atoms with Crippen molar-refractivity contribution in [1.82, 2.24) is 4.98 Å². The fourth-order valence-electron chi connectivity index (χ4n) is 7.30. The van der Waals surface area contributed by atoms with Crippen molar-refractivity contribution in [2.45, 2.75) is 0 Å². The van der Waals surface area contributed by atoms with Crippen LogP contribution in [0.5, 0.6) is 0 Å². The molecule has 1 heterocycles. The third-order valence-electron chi connectivity index (χ3n) is 10.0. The van der Waals surface area contributed by atoms with Crippen LogP contribution in [0.3, 0.4) is 0 Å². The molecule has 272 valence electrons. The van der Waals surface area contributed by atoms with Gasteiger partial charge in [0.05, 0.1) is 5.69 Å². The number of pyridine rings is 1. The molecule has 0 bridgehead atoms. The van der Waals surface area contributed by atoms with Gasteiger partial charge in [0.25, 0.3) is 0 Å². The summed E-state index contributed by atoms with van der Waals surface area (Å²) in [6, 6.07) is 84.9. The molecule has 1 aromatic heterocycles. The fraction of sp³-hybridized carbons (Fsp3) is 0. The lowest BCUT2D eigenvalue weighted by molar-refractivity contribution is 1.18. The Morgan fingerprint density at radius 3 is 0.877 bits per heavy atom. The summed E-state index contributed by atoms with van der Waals surface area (Å²) in [5.41, 5.74) is 12.7. The minimum absolute atomic E-state index is 0.839. The minimum atomic E-state index is 0.839. The molecule has 9 aromatic rings. The van der Waals surface area contributed by atoms with Gasteiger partial charge in [-0.25, -0.2) is 4.98 Å². The molecule has 4 nitrogen and oxygen atoms in total. The van der Waals surface area contributed by atoms with Gasteiger partial charge in [0, 0.05) is 51.1 Å². The van der Waals surface area contributed by atoms with Crippen LogP contribution in [-0.4, -0.2) is 4.98 Å². The van der Waals surface area contributed by atoms with Gasteiger partial charge in [-0.05, 0) is 120 Å². The van der Waals surface area contributed by atoms with Gasteiger partial charge in [-0.1, -0.05) is 133 Å². The van der Waals surface area contributed by atoms with Crippen LogP contribution in [0.1, 0.15) is 0 Å². The van der Waals surface area contributed by atoms with Crippen molar-refractivity contribution in [2.24, 2.45) is 0 Å². The van der Waals surface area contributed by atoms with E-state index in [4.69, 9.17) is 4.98 Å². The Labute approximate surface area is 334 Å². The standard InChI is InChI=1S/C53H40N4/c1-7-19-41(20-8-1)43-39-52(42-21-9-2-10-22-42)54-53(40-43)57(47-29-17-6-18-30-47)51-37-35-50(36-38-51)56(46-27-15-5-16-28-46)49-33-31-48(32-34-49)55(44-23-11-3-12-24-44)45-25-13-4-14-26-45/h1-40H. The van der Waals surface area contributed by atoms with Crippen LogP contribution < -0.4 is 14.7 Å². The zero-order chi connectivity index (χ0) is 38.2. The third kappa shape index (κ3) is 7.66. The van der Waals surface area contributed by atoms with E-state index in [9.17, 15) is 0 Å². The highest BCUT2D eigenvalue weighted by molar-refractivity contribution is 5.84. The molecule has 4 heteroatoms. The van der Waals surface area contributed by atoms with E-state index in [1.807, 2.05) is 6.07 Å². The molecule has 0 aliphatic rings. The van der Waals surface area contributed by atoms with Crippen molar-refractivity contribution >= 4 is 51.3 Å². The molecule has 0 saturated heterocycles. The molecular formula is C53H40N4. The molecule has 57 heavy (non-hydrogen) atoms. The smallest absolute Gasteiger partial charge is 0.138 e. The number of hydrogen-bond acceptors (Lipinski definition) is 4. The van der Waals surface area contributed by atoms with Gasteiger partial charge in [0.2, 0.25) is 0 Å². The molecule has 0 aliphatic carbocycles. The number of aromatic nitrogens is 1. The number of anilines is 9. The van der Waals surface area contributed by atoms with E-state index in [2.05, 4.69) is 251 Å². The molecule has 0 spiro atoms. The van der Waals surface area contributed by atoms with Gasteiger partial charge in [-0.3, -0.25) is 4.90 Å². The van der Waals surface area contributed by atoms with E-state index in [-0.39, 0.29) is 0 Å². The molecular weight excluding hydrogens is 693 g/mol. The lowest BCUT2D eigenvalue weighted by atomic mass is 10.0. The molecule has 0 unspecified atom stereocenters. The number of hydrogen-bond donors (Lipinski definition) is 0. The Balaban J connectivity index is 1.12. The highest BCUT2D eigenvalue weighted by Crippen LogP contribution is 2.42. The Bertz CT molecular complexity index is 2540. The van der Waals surface area contributed by atoms with Crippen molar-refractivity contribution in [2.75, 3.05) is 14.7 Å². The largest absolute Gasteiger partial charge is 0.311 e. The molecule has 0 radical (unpaired) electrons. The van der Waals surface area contributed by atoms with Gasteiger partial charge in [0.15, 0.2) is 0 Å². The van der Waals surface area contributed by atoms with Gasteiger partial charge >= 0.3 is 0 Å². The normalized spacial score (nSPS) is 10.8. The number of nitrogens with zero attached hydrogens (tertiary/aromatic N) is 4. The minimum Gasteiger partial charge on any atom is -0.311 e. The first-order valence-electron chi connectivity index (χ1n) is 19.2. The number of para-hydroxylation sites is 4. The van der Waals surface area contributed by atoms with Gasteiger partial charge in [-0.15, -0.1) is 0 Å². The predicted molar refractivity (Wildman–Crippen MR) is 239 cm³/mol. The maximum atomic E-state index is 5.31. The second kappa shape index (κ2) is 16.4. The van der Waals surface area contributed by atoms with Gasteiger partial charge in [0.1, 0.15) is 5.82 Å². The fourth-order valence-corrected chi connectivity index (χ4v) is 7.30. The van der Waals surface area contributed by atoms with Crippen LogP contribution in [-0.2, 0) is 0 Å². The van der Waals surface area contributed by atoms with Crippen LogP contribution in [0.2, 0.25) is 0 Å². The van der Waals surface area contributed by atoms with Crippen LogP contribution in [0.4, 0.5) is 51.3 Å². The molecule has 9 rings (SSSR count). The maximum Gasteiger partial charge on any atom is 0.138 e. The average Bonchev–Trinajstić information content (AvgIpc) is 3.30. The summed E-state index contributed by atoms with van der Waals surface area (Å²) >= 11 is 0. The summed E-state index contributed by atoms with van der Waals surface area (Å²) < 4.78 is 0. The van der Waals surface area contributed by atoms with Crippen molar-refractivity contribution < 1.29 is 0 Å². The highest BCUT2D eigenvalue weighted by atomic mass is 15.2. The second-order valence-corrected chi connectivity index (χ2v) is 13.7. The summed E-state index contributed by atoms with van der Waals surface area (Å²) in [5, 5.41) is 0. The molecule has 0 atom stereocenters. The topological polar surface area (TPSA) is 22.6 Å². The Hall–Kier alpha value is -7.69. The van der Waals surface area contributed by atoms with Crippen LogP contribution >= 0.6 is 0 Å². The SMILES string of the molecule is c1ccc(-c2cc(-c3ccccc3)nc(N(c3ccccc3)c3ccc(N(c4ccccc4)c4ccc(N(c5ccccc5)c5ccccc5)cc4)cc3)c2)cc1. The maximum absolute atomic E-state index is 5.31. The summed E-state index contributed by atoms with van der Waals surface area (Å²) in [6.07, 6.45) is 0. The lowest BCUT2D eigenvalue weighted by Crippen LogP contribution is -2.14. The summed E-state index contributed by atoms with van der Waals surface area (Å²) in [4.78, 5) is 12.1. The predicted octanol–water partition coefficient (Wildman–Crippen LogP) is 14.8. The van der Waals surface area contributed by atoms with Crippen LogP contribution in [0.25, 0.3) is 22.4 Å².